The minimum atomic E-state index is -0.308. The number of carbonyl (C=O) groups excluding carboxylic acids is 1. The van der Waals surface area contributed by atoms with Gasteiger partial charge in [0.2, 0.25) is 0 Å². The highest BCUT2D eigenvalue weighted by atomic mass is 79.9. The normalized spacial score (nSPS) is 18.8. The Bertz CT molecular complexity index is 385. The Morgan fingerprint density at radius 2 is 2.33 bits per heavy atom. The summed E-state index contributed by atoms with van der Waals surface area (Å²) in [6.07, 6.45) is -0.308. The maximum Gasteiger partial charge on any atom is 0.415 e. The number of rotatable bonds is 1. The van der Waals surface area contributed by atoms with Crippen LogP contribution in [-0.4, -0.2) is 17.0 Å². The van der Waals surface area contributed by atoms with Gasteiger partial charge in [0, 0.05) is 4.90 Å². The third-order valence-electron chi connectivity index (χ3n) is 2.02. The van der Waals surface area contributed by atoms with Crippen LogP contribution in [0, 0.1) is 0 Å². The van der Waals surface area contributed by atoms with E-state index in [2.05, 4.69) is 15.9 Å². The van der Waals surface area contributed by atoms with Crippen LogP contribution in [0.3, 0.4) is 0 Å². The van der Waals surface area contributed by atoms with Gasteiger partial charge in [-0.25, -0.2) is 4.79 Å². The Morgan fingerprint density at radius 3 is 3.07 bits per heavy atom. The zero-order valence-electron chi connectivity index (χ0n) is 8.14. The molecule has 1 heterocycles. The van der Waals surface area contributed by atoms with Gasteiger partial charge in [0.25, 0.3) is 0 Å². The van der Waals surface area contributed by atoms with Gasteiger partial charge in [-0.3, -0.25) is 4.90 Å². The Morgan fingerprint density at radius 1 is 1.60 bits per heavy atom. The van der Waals surface area contributed by atoms with Crippen LogP contribution in [0.5, 0.6) is 0 Å². The van der Waals surface area contributed by atoms with Crippen LogP contribution in [0.15, 0.2) is 29.2 Å². The summed E-state index contributed by atoms with van der Waals surface area (Å²) < 4.78 is 4.92. The number of anilines is 1. The molecule has 1 aliphatic rings. The average molecular weight is 288 g/mol. The van der Waals surface area contributed by atoms with Crippen molar-refractivity contribution >= 4 is 39.5 Å². The molecule has 1 amide bonds. The number of hydrogen-bond acceptors (Lipinski definition) is 3. The molecule has 1 atom stereocenters. The molecule has 15 heavy (non-hydrogen) atoms. The molecule has 3 nitrogen and oxygen atoms in total. The zero-order valence-corrected chi connectivity index (χ0v) is 10.5. The van der Waals surface area contributed by atoms with Gasteiger partial charge in [0.15, 0.2) is 0 Å². The summed E-state index contributed by atoms with van der Waals surface area (Å²) in [5.74, 6) is 0. The summed E-state index contributed by atoms with van der Waals surface area (Å²) in [5.41, 5.74) is 0.905. The van der Waals surface area contributed by atoms with E-state index >= 15 is 0 Å². The van der Waals surface area contributed by atoms with Crippen LogP contribution in [0.2, 0.25) is 0 Å². The lowest BCUT2D eigenvalue weighted by Gasteiger charge is -2.19. The molecule has 0 aromatic heterocycles. The molecule has 0 saturated carbocycles. The van der Waals surface area contributed by atoms with Gasteiger partial charge < -0.3 is 4.74 Å². The fourth-order valence-corrected chi connectivity index (χ4v) is 3.35. The summed E-state index contributed by atoms with van der Waals surface area (Å²) in [5, 5.41) is 0. The summed E-state index contributed by atoms with van der Waals surface area (Å²) in [6, 6.07) is 7.78. The molecule has 2 rings (SSSR count). The standard InChI is InChI=1S/C10H10BrNO2S/c1-2-14-10(13)12-7-5-3-4-6-8(7)15-9(12)11/h3-6,9H,2H2,1H3. The highest BCUT2D eigenvalue weighted by molar-refractivity contribution is 9.11. The fourth-order valence-electron chi connectivity index (χ4n) is 1.40. The molecular weight excluding hydrogens is 278 g/mol. The van der Waals surface area contributed by atoms with E-state index in [-0.39, 0.29) is 10.4 Å². The molecule has 1 aliphatic heterocycles. The lowest BCUT2D eigenvalue weighted by molar-refractivity contribution is 0.160. The maximum absolute atomic E-state index is 11.7. The highest BCUT2D eigenvalue weighted by Crippen LogP contribution is 2.45. The van der Waals surface area contributed by atoms with Crippen LogP contribution in [-0.2, 0) is 4.74 Å². The summed E-state index contributed by atoms with van der Waals surface area (Å²) in [6.45, 7) is 2.19. The number of nitrogens with zero attached hydrogens (tertiary/aromatic N) is 1. The monoisotopic (exact) mass is 287 g/mol. The van der Waals surface area contributed by atoms with Crippen molar-refractivity contribution in [3.05, 3.63) is 24.3 Å². The first-order valence-corrected chi connectivity index (χ1v) is 6.39. The molecule has 5 heteroatoms. The van der Waals surface area contributed by atoms with Gasteiger partial charge >= 0.3 is 6.09 Å². The van der Waals surface area contributed by atoms with E-state index in [4.69, 9.17) is 4.74 Å². The van der Waals surface area contributed by atoms with Crippen molar-refractivity contribution in [2.45, 2.75) is 16.1 Å². The number of benzene rings is 1. The lowest BCUT2D eigenvalue weighted by atomic mass is 10.3. The van der Waals surface area contributed by atoms with Gasteiger partial charge in [-0.15, -0.1) is 0 Å². The van der Waals surface area contributed by atoms with Crippen LogP contribution in [0.25, 0.3) is 0 Å². The van der Waals surface area contributed by atoms with Gasteiger partial charge in [-0.2, -0.15) is 0 Å². The first kappa shape index (κ1) is 10.8. The van der Waals surface area contributed by atoms with Gasteiger partial charge in [0.05, 0.1) is 12.3 Å². The molecule has 0 spiro atoms. The summed E-state index contributed by atoms with van der Waals surface area (Å²) in [4.78, 5) is 14.4. The first-order chi connectivity index (χ1) is 7.24. The molecule has 1 unspecified atom stereocenters. The quantitative estimate of drug-likeness (QED) is 0.585. The van der Waals surface area contributed by atoms with Crippen molar-refractivity contribution < 1.29 is 9.53 Å². The number of halogens is 1. The van der Waals surface area contributed by atoms with Gasteiger partial charge in [0.1, 0.15) is 4.28 Å². The van der Waals surface area contributed by atoms with Crippen molar-refractivity contribution in [2.75, 3.05) is 11.5 Å². The number of alkyl halides is 1. The fraction of sp³-hybridized carbons (Fsp3) is 0.300. The number of thioether (sulfide) groups is 1. The van der Waals surface area contributed by atoms with E-state index in [1.807, 2.05) is 24.3 Å². The largest absolute Gasteiger partial charge is 0.449 e. The number of ether oxygens (including phenoxy) is 1. The molecule has 0 N–H and O–H groups in total. The van der Waals surface area contributed by atoms with Crippen LogP contribution in [0.4, 0.5) is 10.5 Å². The molecule has 0 saturated heterocycles. The smallest absolute Gasteiger partial charge is 0.415 e. The molecule has 0 radical (unpaired) electrons. The van der Waals surface area contributed by atoms with E-state index in [0.717, 1.165) is 10.6 Å². The number of para-hydroxylation sites is 1. The Labute approximate surface area is 101 Å². The van der Waals surface area contributed by atoms with Crippen molar-refractivity contribution in [2.24, 2.45) is 0 Å². The number of carbonyl (C=O) groups is 1. The van der Waals surface area contributed by atoms with E-state index in [1.54, 1.807) is 23.6 Å². The number of fused-ring (bicyclic) bond motifs is 1. The molecule has 1 aromatic carbocycles. The number of hydrogen-bond donors (Lipinski definition) is 0. The topological polar surface area (TPSA) is 29.5 Å². The summed E-state index contributed by atoms with van der Waals surface area (Å²) in [7, 11) is 0. The van der Waals surface area contributed by atoms with Gasteiger partial charge in [-0.05, 0) is 19.1 Å². The van der Waals surface area contributed by atoms with Gasteiger partial charge in [-0.1, -0.05) is 39.8 Å². The van der Waals surface area contributed by atoms with Crippen LogP contribution >= 0.6 is 27.7 Å². The SMILES string of the molecule is CCOC(=O)N1c2ccccc2SC1Br. The second-order valence-corrected chi connectivity index (χ2v) is 5.54. The molecule has 1 aromatic rings. The molecule has 80 valence electrons. The third kappa shape index (κ3) is 1.99. The molecular formula is C10H10BrNO2S. The minimum absolute atomic E-state index is 0.0750. The first-order valence-electron chi connectivity index (χ1n) is 4.59. The van der Waals surface area contributed by atoms with Crippen molar-refractivity contribution in [1.29, 1.82) is 0 Å². The molecule has 0 fully saturated rings. The Kier molecular flexibility index (Phi) is 3.21. The predicted octanol–water partition coefficient (Wildman–Crippen LogP) is 3.43. The van der Waals surface area contributed by atoms with E-state index in [0.29, 0.717) is 6.61 Å². The lowest BCUT2D eigenvalue weighted by Crippen LogP contribution is -2.32. The van der Waals surface area contributed by atoms with E-state index < -0.39 is 0 Å². The predicted molar refractivity (Wildman–Crippen MR) is 64.5 cm³/mol. The zero-order chi connectivity index (χ0) is 10.8. The van der Waals surface area contributed by atoms with Crippen LogP contribution < -0.4 is 4.90 Å². The van der Waals surface area contributed by atoms with Crippen molar-refractivity contribution in [3.63, 3.8) is 0 Å². The Balaban J connectivity index is 2.29. The highest BCUT2D eigenvalue weighted by Gasteiger charge is 2.33. The maximum atomic E-state index is 11.7. The summed E-state index contributed by atoms with van der Waals surface area (Å²) >= 11 is 5.04. The number of amides is 1. The molecule has 0 aliphatic carbocycles. The third-order valence-corrected chi connectivity index (χ3v) is 3.99. The van der Waals surface area contributed by atoms with Crippen molar-refractivity contribution in [1.82, 2.24) is 0 Å². The van der Waals surface area contributed by atoms with Crippen molar-refractivity contribution in [3.8, 4) is 0 Å². The average Bonchev–Trinajstić information content (AvgIpc) is 2.54. The van der Waals surface area contributed by atoms with E-state index in [9.17, 15) is 4.79 Å². The second kappa shape index (κ2) is 4.45. The van der Waals surface area contributed by atoms with E-state index in [1.165, 1.54) is 0 Å². The second-order valence-electron chi connectivity index (χ2n) is 2.95. The minimum Gasteiger partial charge on any atom is -0.449 e. The van der Waals surface area contributed by atoms with Crippen LogP contribution in [0.1, 0.15) is 6.92 Å². The Hall–Kier alpha value is -0.680. The molecule has 0 bridgehead atoms.